The maximum absolute atomic E-state index is 11.0. The lowest BCUT2D eigenvalue weighted by Gasteiger charge is -1.99. The highest BCUT2D eigenvalue weighted by atomic mass is 16.1. The fourth-order valence-corrected chi connectivity index (χ4v) is 1.49. The minimum atomic E-state index is -0.145. The third-order valence-electron chi connectivity index (χ3n) is 2.25. The minimum Gasteiger partial charge on any atom is -0.357 e. The fourth-order valence-electron chi connectivity index (χ4n) is 1.49. The van der Waals surface area contributed by atoms with E-state index in [1.807, 2.05) is 30.3 Å². The van der Waals surface area contributed by atoms with Gasteiger partial charge < -0.3 is 16.0 Å². The van der Waals surface area contributed by atoms with Gasteiger partial charge in [0.05, 0.1) is 13.1 Å². The average molecular weight is 203 g/mol. The van der Waals surface area contributed by atoms with Crippen LogP contribution in [0, 0.1) is 0 Å². The maximum Gasteiger partial charge on any atom is 0.234 e. The molecule has 1 heterocycles. The van der Waals surface area contributed by atoms with Gasteiger partial charge in [-0.1, -0.05) is 18.2 Å². The molecule has 0 bridgehead atoms. The van der Waals surface area contributed by atoms with Crippen LogP contribution in [-0.4, -0.2) is 17.4 Å². The monoisotopic (exact) mass is 203 g/mol. The number of para-hydroxylation sites is 1. The van der Waals surface area contributed by atoms with Crippen molar-refractivity contribution < 1.29 is 4.79 Å². The number of benzene rings is 1. The van der Waals surface area contributed by atoms with Crippen LogP contribution in [0.25, 0.3) is 10.9 Å². The Morgan fingerprint density at radius 2 is 2.20 bits per heavy atom. The molecule has 0 saturated heterocycles. The molecule has 0 spiro atoms. The van der Waals surface area contributed by atoms with Gasteiger partial charge in [0.25, 0.3) is 0 Å². The van der Waals surface area contributed by atoms with Crippen molar-refractivity contribution in [2.45, 2.75) is 6.54 Å². The summed E-state index contributed by atoms with van der Waals surface area (Å²) in [5.74, 6) is -0.145. The van der Waals surface area contributed by atoms with Crippen molar-refractivity contribution in [1.29, 1.82) is 0 Å². The van der Waals surface area contributed by atoms with Gasteiger partial charge in [-0.15, -0.1) is 0 Å². The van der Waals surface area contributed by atoms with E-state index in [9.17, 15) is 4.79 Å². The van der Waals surface area contributed by atoms with Gasteiger partial charge in [0.15, 0.2) is 0 Å². The highest BCUT2D eigenvalue weighted by Gasteiger charge is 2.01. The van der Waals surface area contributed by atoms with E-state index in [4.69, 9.17) is 5.73 Å². The van der Waals surface area contributed by atoms with Crippen LogP contribution < -0.4 is 11.1 Å². The van der Waals surface area contributed by atoms with Gasteiger partial charge in [0, 0.05) is 11.2 Å². The molecule has 4 heteroatoms. The summed E-state index contributed by atoms with van der Waals surface area (Å²) >= 11 is 0. The molecule has 4 nitrogen and oxygen atoms in total. The average Bonchev–Trinajstić information content (AvgIpc) is 2.68. The summed E-state index contributed by atoms with van der Waals surface area (Å²) in [6.45, 7) is 0.519. The van der Waals surface area contributed by atoms with Crippen LogP contribution in [0.1, 0.15) is 5.69 Å². The van der Waals surface area contributed by atoms with Crippen LogP contribution in [0.3, 0.4) is 0 Å². The molecule has 4 N–H and O–H groups in total. The summed E-state index contributed by atoms with van der Waals surface area (Å²) in [6, 6.07) is 10.0. The maximum atomic E-state index is 11.0. The summed E-state index contributed by atoms with van der Waals surface area (Å²) < 4.78 is 0. The number of fused-ring (bicyclic) bond motifs is 1. The number of nitrogens with two attached hydrogens (primary N) is 1. The first-order chi connectivity index (χ1) is 7.29. The van der Waals surface area contributed by atoms with Gasteiger partial charge in [-0.25, -0.2) is 0 Å². The predicted octanol–water partition coefficient (Wildman–Crippen LogP) is 0.743. The van der Waals surface area contributed by atoms with Crippen molar-refractivity contribution in [3.63, 3.8) is 0 Å². The molecule has 0 unspecified atom stereocenters. The molecule has 0 radical (unpaired) electrons. The van der Waals surface area contributed by atoms with Crippen molar-refractivity contribution in [1.82, 2.24) is 10.3 Å². The zero-order valence-corrected chi connectivity index (χ0v) is 8.29. The van der Waals surface area contributed by atoms with Crippen LogP contribution >= 0.6 is 0 Å². The fraction of sp³-hybridized carbons (Fsp3) is 0.182. The van der Waals surface area contributed by atoms with Crippen LogP contribution in [-0.2, 0) is 11.3 Å². The molecule has 2 rings (SSSR count). The lowest BCUT2D eigenvalue weighted by molar-refractivity contribution is -0.119. The number of hydrogen-bond acceptors (Lipinski definition) is 2. The molecule has 0 fully saturated rings. The number of aromatic amines is 1. The number of H-pyrrole nitrogens is 1. The van der Waals surface area contributed by atoms with E-state index in [0.29, 0.717) is 6.54 Å². The number of rotatable bonds is 3. The molecular formula is C11H13N3O. The van der Waals surface area contributed by atoms with E-state index in [0.717, 1.165) is 16.6 Å². The Bertz CT molecular complexity index is 442. The van der Waals surface area contributed by atoms with Crippen LogP contribution in [0.15, 0.2) is 30.3 Å². The molecule has 0 atom stereocenters. The van der Waals surface area contributed by atoms with E-state index >= 15 is 0 Å². The van der Waals surface area contributed by atoms with Gasteiger partial charge in [0.2, 0.25) is 5.91 Å². The number of aromatic nitrogens is 1. The van der Waals surface area contributed by atoms with Crippen molar-refractivity contribution in [3.8, 4) is 0 Å². The number of amides is 1. The number of hydrogen-bond donors (Lipinski definition) is 3. The third-order valence-corrected chi connectivity index (χ3v) is 2.25. The van der Waals surface area contributed by atoms with E-state index < -0.39 is 0 Å². The lowest BCUT2D eigenvalue weighted by atomic mass is 10.2. The first-order valence-electron chi connectivity index (χ1n) is 4.83. The number of carbonyl (C=O) groups is 1. The zero-order chi connectivity index (χ0) is 10.7. The molecule has 78 valence electrons. The molecule has 0 saturated carbocycles. The highest BCUT2D eigenvalue weighted by Crippen LogP contribution is 2.14. The molecule has 1 aromatic carbocycles. The van der Waals surface area contributed by atoms with Crippen molar-refractivity contribution in [2.75, 3.05) is 6.54 Å². The van der Waals surface area contributed by atoms with Gasteiger partial charge in [0.1, 0.15) is 0 Å². The Morgan fingerprint density at radius 3 is 2.93 bits per heavy atom. The normalized spacial score (nSPS) is 10.5. The number of nitrogens with one attached hydrogen (secondary N) is 2. The van der Waals surface area contributed by atoms with Crippen LogP contribution in [0.2, 0.25) is 0 Å². The quantitative estimate of drug-likeness (QED) is 0.688. The van der Waals surface area contributed by atoms with Crippen molar-refractivity contribution in [3.05, 3.63) is 36.0 Å². The zero-order valence-electron chi connectivity index (χ0n) is 8.29. The second-order valence-electron chi connectivity index (χ2n) is 3.36. The standard InChI is InChI=1S/C11H13N3O/c12-6-11(15)13-7-9-5-8-3-1-2-4-10(8)14-9/h1-5,14H,6-7,12H2,(H,13,15). The van der Waals surface area contributed by atoms with Gasteiger partial charge in [-0.3, -0.25) is 4.79 Å². The summed E-state index contributed by atoms with van der Waals surface area (Å²) in [7, 11) is 0. The molecule has 2 aromatic rings. The van der Waals surface area contributed by atoms with Crippen molar-refractivity contribution in [2.24, 2.45) is 5.73 Å². The van der Waals surface area contributed by atoms with Gasteiger partial charge in [-0.2, -0.15) is 0 Å². The van der Waals surface area contributed by atoms with Crippen LogP contribution in [0.4, 0.5) is 0 Å². The smallest absolute Gasteiger partial charge is 0.234 e. The topological polar surface area (TPSA) is 70.9 Å². The second kappa shape index (κ2) is 4.14. The molecule has 15 heavy (non-hydrogen) atoms. The lowest BCUT2D eigenvalue weighted by Crippen LogP contribution is -2.29. The predicted molar refractivity (Wildman–Crippen MR) is 59.2 cm³/mol. The number of carbonyl (C=O) groups excluding carboxylic acids is 1. The van der Waals surface area contributed by atoms with E-state index in [1.165, 1.54) is 0 Å². The van der Waals surface area contributed by atoms with E-state index in [2.05, 4.69) is 10.3 Å². The van der Waals surface area contributed by atoms with Gasteiger partial charge in [-0.05, 0) is 17.5 Å². The molecule has 0 aliphatic carbocycles. The summed E-state index contributed by atoms with van der Waals surface area (Å²) in [5.41, 5.74) is 7.25. The Morgan fingerprint density at radius 1 is 1.40 bits per heavy atom. The largest absolute Gasteiger partial charge is 0.357 e. The Labute approximate surface area is 87.5 Å². The highest BCUT2D eigenvalue weighted by molar-refractivity contribution is 5.81. The van der Waals surface area contributed by atoms with E-state index in [1.54, 1.807) is 0 Å². The summed E-state index contributed by atoms with van der Waals surface area (Å²) in [5, 5.41) is 3.86. The van der Waals surface area contributed by atoms with Gasteiger partial charge >= 0.3 is 0 Å². The molecule has 1 aromatic heterocycles. The molecular weight excluding hydrogens is 190 g/mol. The molecule has 0 aliphatic heterocycles. The van der Waals surface area contributed by atoms with Crippen LogP contribution in [0.5, 0.6) is 0 Å². The summed E-state index contributed by atoms with van der Waals surface area (Å²) in [4.78, 5) is 14.2. The first kappa shape index (κ1) is 9.73. The molecule has 0 aliphatic rings. The Kier molecular flexibility index (Phi) is 2.69. The molecule has 1 amide bonds. The summed E-state index contributed by atoms with van der Waals surface area (Å²) in [6.07, 6.45) is 0. The second-order valence-corrected chi connectivity index (χ2v) is 3.36. The van der Waals surface area contributed by atoms with Crippen molar-refractivity contribution >= 4 is 16.8 Å². The Balaban J connectivity index is 2.12. The first-order valence-corrected chi connectivity index (χ1v) is 4.83. The third kappa shape index (κ3) is 2.16. The minimum absolute atomic E-state index is 0.0280. The SMILES string of the molecule is NCC(=O)NCc1cc2ccccc2[nH]1. The Hall–Kier alpha value is -1.81. The van der Waals surface area contributed by atoms with E-state index in [-0.39, 0.29) is 12.5 Å².